The lowest BCUT2D eigenvalue weighted by molar-refractivity contribution is -0.143. The molecule has 20 heavy (non-hydrogen) atoms. The van der Waals surface area contributed by atoms with Crippen LogP contribution >= 0.6 is 0 Å². The van der Waals surface area contributed by atoms with Gasteiger partial charge < -0.3 is 15.2 Å². The Morgan fingerprint density at radius 3 is 2.40 bits per heavy atom. The largest absolute Gasteiger partial charge is 0.480 e. The Morgan fingerprint density at radius 1 is 1.15 bits per heavy atom. The van der Waals surface area contributed by atoms with Gasteiger partial charge in [-0.25, -0.2) is 9.59 Å². The number of urea groups is 1. The summed E-state index contributed by atoms with van der Waals surface area (Å²) in [6.45, 7) is 1.18. The summed E-state index contributed by atoms with van der Waals surface area (Å²) in [5.41, 5.74) is 2.02. The molecule has 0 aliphatic heterocycles. The number of ether oxygens (including phenoxy) is 1. The van der Waals surface area contributed by atoms with E-state index in [0.717, 1.165) is 11.1 Å². The zero-order valence-electron chi connectivity index (χ0n) is 11.0. The number of rotatable bonds is 6. The van der Waals surface area contributed by atoms with Crippen LogP contribution in [0.15, 0.2) is 24.3 Å². The van der Waals surface area contributed by atoms with E-state index in [0.29, 0.717) is 0 Å². The highest BCUT2D eigenvalue weighted by molar-refractivity contribution is 5.94. The molecular weight excluding hydrogens is 264 g/mol. The maximum absolute atomic E-state index is 11.4. The molecule has 7 nitrogen and oxygen atoms in total. The molecule has 3 N–H and O–H groups in total. The molecule has 0 spiro atoms. The van der Waals surface area contributed by atoms with Gasteiger partial charge in [0.2, 0.25) is 0 Å². The van der Waals surface area contributed by atoms with Gasteiger partial charge >= 0.3 is 12.0 Å². The summed E-state index contributed by atoms with van der Waals surface area (Å²) >= 11 is 0. The molecule has 0 saturated heterocycles. The number of amides is 3. The lowest BCUT2D eigenvalue weighted by atomic mass is 10.1. The average molecular weight is 280 g/mol. The third-order valence-corrected chi connectivity index (χ3v) is 2.29. The number of carbonyl (C=O) groups excluding carboxylic acids is 2. The van der Waals surface area contributed by atoms with Crippen LogP contribution in [0.4, 0.5) is 4.79 Å². The zero-order valence-corrected chi connectivity index (χ0v) is 11.0. The number of carbonyl (C=O) groups is 3. The highest BCUT2D eigenvalue weighted by atomic mass is 16.5. The highest BCUT2D eigenvalue weighted by Crippen LogP contribution is 2.02. The van der Waals surface area contributed by atoms with E-state index >= 15 is 0 Å². The van der Waals surface area contributed by atoms with Gasteiger partial charge in [0.15, 0.2) is 0 Å². The number of imide groups is 1. The summed E-state index contributed by atoms with van der Waals surface area (Å²) in [7, 11) is 0. The highest BCUT2D eigenvalue weighted by Gasteiger charge is 2.08. The van der Waals surface area contributed by atoms with Crippen molar-refractivity contribution >= 4 is 17.9 Å². The van der Waals surface area contributed by atoms with Crippen molar-refractivity contribution in [3.05, 3.63) is 35.4 Å². The van der Waals surface area contributed by atoms with Gasteiger partial charge in [-0.2, -0.15) is 0 Å². The summed E-state index contributed by atoms with van der Waals surface area (Å²) < 4.78 is 4.54. The van der Waals surface area contributed by atoms with E-state index in [4.69, 9.17) is 5.11 Å². The Morgan fingerprint density at radius 2 is 1.80 bits per heavy atom. The molecule has 0 aliphatic rings. The standard InChI is InChI=1S/C13H16N2O5/c1-9-2-4-10(5-3-9)6-14-13(19)15-11(16)7-20-8-12(17)18/h2-5H,6-8H2,1H3,(H,17,18)(H2,14,15,16,19). The van der Waals surface area contributed by atoms with Crippen LogP contribution < -0.4 is 10.6 Å². The second-order valence-corrected chi connectivity index (χ2v) is 4.10. The van der Waals surface area contributed by atoms with Crippen molar-refractivity contribution in [3.63, 3.8) is 0 Å². The third-order valence-electron chi connectivity index (χ3n) is 2.29. The van der Waals surface area contributed by atoms with E-state index in [1.165, 1.54) is 0 Å². The molecule has 1 aromatic carbocycles. The van der Waals surface area contributed by atoms with Crippen molar-refractivity contribution in [2.75, 3.05) is 13.2 Å². The summed E-state index contributed by atoms with van der Waals surface area (Å²) in [5.74, 6) is -1.88. The summed E-state index contributed by atoms with van der Waals surface area (Å²) in [4.78, 5) is 32.7. The Hall–Kier alpha value is -2.41. The second-order valence-electron chi connectivity index (χ2n) is 4.10. The topological polar surface area (TPSA) is 105 Å². The Labute approximate surface area is 115 Å². The molecular formula is C13H16N2O5. The maximum Gasteiger partial charge on any atom is 0.329 e. The van der Waals surface area contributed by atoms with Crippen LogP contribution in [-0.2, 0) is 20.9 Å². The molecule has 7 heteroatoms. The van der Waals surface area contributed by atoms with Crippen LogP contribution in [0.1, 0.15) is 11.1 Å². The molecule has 0 aromatic heterocycles. The number of benzene rings is 1. The Balaban J connectivity index is 2.24. The number of hydrogen-bond acceptors (Lipinski definition) is 4. The van der Waals surface area contributed by atoms with Crippen molar-refractivity contribution in [2.45, 2.75) is 13.5 Å². The number of hydrogen-bond donors (Lipinski definition) is 3. The van der Waals surface area contributed by atoms with Crippen LogP contribution in [0, 0.1) is 6.92 Å². The van der Waals surface area contributed by atoms with E-state index < -0.39 is 31.1 Å². The molecule has 1 aromatic rings. The van der Waals surface area contributed by atoms with Gasteiger partial charge in [-0.3, -0.25) is 10.1 Å². The fraction of sp³-hybridized carbons (Fsp3) is 0.308. The van der Waals surface area contributed by atoms with Gasteiger partial charge in [-0.1, -0.05) is 29.8 Å². The quantitative estimate of drug-likeness (QED) is 0.700. The first-order valence-electron chi connectivity index (χ1n) is 5.90. The smallest absolute Gasteiger partial charge is 0.329 e. The minimum Gasteiger partial charge on any atom is -0.480 e. The monoisotopic (exact) mass is 280 g/mol. The predicted octanol–water partition coefficient (Wildman–Crippen LogP) is 0.422. The SMILES string of the molecule is Cc1ccc(CNC(=O)NC(=O)COCC(=O)O)cc1. The van der Waals surface area contributed by atoms with Crippen molar-refractivity contribution < 1.29 is 24.2 Å². The van der Waals surface area contributed by atoms with E-state index in [1.54, 1.807) is 0 Å². The van der Waals surface area contributed by atoms with Crippen molar-refractivity contribution in [2.24, 2.45) is 0 Å². The van der Waals surface area contributed by atoms with Crippen LogP contribution in [0.2, 0.25) is 0 Å². The van der Waals surface area contributed by atoms with Crippen LogP contribution in [0.25, 0.3) is 0 Å². The molecule has 0 fully saturated rings. The summed E-state index contributed by atoms with van der Waals surface area (Å²) in [6.07, 6.45) is 0. The number of nitrogens with one attached hydrogen (secondary N) is 2. The molecule has 0 atom stereocenters. The molecule has 108 valence electrons. The Bertz CT molecular complexity index is 484. The first-order chi connectivity index (χ1) is 9.47. The van der Waals surface area contributed by atoms with Crippen LogP contribution in [0.3, 0.4) is 0 Å². The van der Waals surface area contributed by atoms with E-state index in [9.17, 15) is 14.4 Å². The van der Waals surface area contributed by atoms with Crippen LogP contribution in [0.5, 0.6) is 0 Å². The first-order valence-corrected chi connectivity index (χ1v) is 5.90. The molecule has 1 rings (SSSR count). The van der Waals surface area contributed by atoms with Crippen LogP contribution in [-0.4, -0.2) is 36.2 Å². The average Bonchev–Trinajstić information content (AvgIpc) is 2.37. The van der Waals surface area contributed by atoms with E-state index in [1.807, 2.05) is 36.5 Å². The zero-order chi connectivity index (χ0) is 15.0. The van der Waals surface area contributed by atoms with Crippen molar-refractivity contribution in [3.8, 4) is 0 Å². The third kappa shape index (κ3) is 6.50. The lowest BCUT2D eigenvalue weighted by Crippen LogP contribution is -2.41. The van der Waals surface area contributed by atoms with Gasteiger partial charge in [0, 0.05) is 6.54 Å². The fourth-order valence-corrected chi connectivity index (χ4v) is 1.33. The van der Waals surface area contributed by atoms with Gasteiger partial charge in [-0.15, -0.1) is 0 Å². The Kier molecular flexibility index (Phi) is 6.18. The van der Waals surface area contributed by atoms with Gasteiger partial charge in [-0.05, 0) is 12.5 Å². The van der Waals surface area contributed by atoms with Gasteiger partial charge in [0.1, 0.15) is 13.2 Å². The molecule has 0 radical (unpaired) electrons. The molecule has 0 heterocycles. The van der Waals surface area contributed by atoms with Crippen molar-refractivity contribution in [1.82, 2.24) is 10.6 Å². The number of aliphatic carboxylic acids is 1. The molecule has 0 saturated carbocycles. The van der Waals surface area contributed by atoms with Gasteiger partial charge in [0.05, 0.1) is 0 Å². The lowest BCUT2D eigenvalue weighted by Gasteiger charge is -2.07. The number of carboxylic acids is 1. The minimum absolute atomic E-state index is 0.287. The van der Waals surface area contributed by atoms with Gasteiger partial charge in [0.25, 0.3) is 5.91 Å². The summed E-state index contributed by atoms with van der Waals surface area (Å²) in [6, 6.07) is 6.91. The second kappa shape index (κ2) is 7.90. The van der Waals surface area contributed by atoms with E-state index in [2.05, 4.69) is 10.1 Å². The maximum atomic E-state index is 11.4. The molecule has 0 bridgehead atoms. The number of carboxylic acid groups (broad SMARTS) is 1. The number of aryl methyl sites for hydroxylation is 1. The van der Waals surface area contributed by atoms with E-state index in [-0.39, 0.29) is 6.54 Å². The van der Waals surface area contributed by atoms with Crippen molar-refractivity contribution in [1.29, 1.82) is 0 Å². The minimum atomic E-state index is -1.18. The predicted molar refractivity (Wildman–Crippen MR) is 70.0 cm³/mol. The normalized spacial score (nSPS) is 9.85. The first kappa shape index (κ1) is 15.6. The molecule has 0 aliphatic carbocycles. The fourth-order valence-electron chi connectivity index (χ4n) is 1.33. The molecule has 3 amide bonds. The summed E-state index contributed by atoms with van der Waals surface area (Å²) in [5, 5.41) is 12.8. The molecule has 0 unspecified atom stereocenters.